The number of fused-ring (bicyclic) bond motifs is 21. The number of pyridine rings is 7. The maximum absolute atomic E-state index is 4.67. The summed E-state index contributed by atoms with van der Waals surface area (Å²) in [6, 6.07) is 43.8. The van der Waals surface area contributed by atoms with Gasteiger partial charge in [-0.15, -0.1) is 0 Å². The van der Waals surface area contributed by atoms with Gasteiger partial charge < -0.3 is 0 Å². The molecule has 0 spiro atoms. The Balaban J connectivity index is 0.000000105. The van der Waals surface area contributed by atoms with Crippen LogP contribution in [-0.4, -0.2) is 34.9 Å². The molecule has 7 heterocycles. The summed E-state index contributed by atoms with van der Waals surface area (Å²) >= 11 is 0. The number of aromatic nitrogens is 7. The molecular weight excluding hydrogens is 1380 g/mol. The van der Waals surface area contributed by atoms with Crippen molar-refractivity contribution < 1.29 is 0 Å². The van der Waals surface area contributed by atoms with Crippen molar-refractivity contribution in [2.24, 2.45) is 0 Å². The highest BCUT2D eigenvalue weighted by Gasteiger charge is 2.30. The van der Waals surface area contributed by atoms with Crippen LogP contribution < -0.4 is 0 Å². The van der Waals surface area contributed by atoms with Crippen LogP contribution in [0.2, 0.25) is 0 Å². The Kier molecular flexibility index (Phi) is 21.3. The molecule has 114 heavy (non-hydrogen) atoms. The summed E-state index contributed by atoms with van der Waals surface area (Å²) in [4.78, 5) is 31.8. The van der Waals surface area contributed by atoms with Gasteiger partial charge >= 0.3 is 0 Å². The van der Waals surface area contributed by atoms with Gasteiger partial charge in [0, 0.05) is 125 Å². The molecule has 0 amide bonds. The van der Waals surface area contributed by atoms with Crippen molar-refractivity contribution in [1.29, 1.82) is 0 Å². The van der Waals surface area contributed by atoms with E-state index in [1.807, 2.05) is 55.4 Å². The normalized spacial score (nSPS) is 12.4. The van der Waals surface area contributed by atoms with Gasteiger partial charge in [-0.2, -0.15) is 0 Å². The van der Waals surface area contributed by atoms with E-state index < -0.39 is 0 Å². The highest BCUT2D eigenvalue weighted by atomic mass is 14.7. The van der Waals surface area contributed by atoms with Crippen LogP contribution in [0.25, 0.3) is 78.5 Å². The molecule has 0 saturated carbocycles. The highest BCUT2D eigenvalue weighted by Crippen LogP contribution is 2.47. The SMILES string of the molecule is Cc1cc(C)c2c(c1C)Cc1cccnc1-2.Cc1cc2c(c(C)c1C)Cc1c(C)cnc(C)c1-2.Cc1cc2c(c(C)c1C)Cc1cccnc1-2.Cc1ccc2c(c1C)Cc1c-2cnc(C)c1C.Cc1ccc2c(c1C)Cc1cccnc1-2.Cc1ccc2c(n1)-c1ccc(C)c(C)c1C2.Cc1cnc2c(c1)Cc1c-2ccc(C)c1C. The summed E-state index contributed by atoms with van der Waals surface area (Å²) < 4.78 is 0. The third-order valence-electron chi connectivity index (χ3n) is 26.8. The summed E-state index contributed by atoms with van der Waals surface area (Å²) in [7, 11) is 0. The van der Waals surface area contributed by atoms with E-state index in [1.54, 1.807) is 0 Å². The lowest BCUT2D eigenvalue weighted by atomic mass is 9.94. The number of hydrogen-bond acceptors (Lipinski definition) is 7. The first-order valence-electron chi connectivity index (χ1n) is 40.9. The maximum atomic E-state index is 4.67. The van der Waals surface area contributed by atoms with Gasteiger partial charge in [-0.1, -0.05) is 91.0 Å². The van der Waals surface area contributed by atoms with Crippen LogP contribution in [0.1, 0.15) is 206 Å². The summed E-state index contributed by atoms with van der Waals surface area (Å²) in [6.45, 7) is 50.2. The molecule has 7 aliphatic carbocycles. The lowest BCUT2D eigenvalue weighted by Crippen LogP contribution is -1.93. The summed E-state index contributed by atoms with van der Waals surface area (Å²) in [6.07, 6.45) is 19.1. The first-order chi connectivity index (χ1) is 54.6. The first-order valence-corrected chi connectivity index (χ1v) is 40.9. The van der Waals surface area contributed by atoms with E-state index in [-0.39, 0.29) is 0 Å². The van der Waals surface area contributed by atoms with E-state index in [4.69, 9.17) is 0 Å². The molecule has 7 nitrogen and oxygen atoms in total. The Bertz CT molecular complexity index is 6240. The minimum atomic E-state index is 1.05. The van der Waals surface area contributed by atoms with Gasteiger partial charge in [0.25, 0.3) is 0 Å². The van der Waals surface area contributed by atoms with Gasteiger partial charge in [-0.05, 0) is 403 Å². The lowest BCUT2D eigenvalue weighted by molar-refractivity contribution is 1.10. The second-order valence-corrected chi connectivity index (χ2v) is 33.6. The molecule has 0 saturated heterocycles. The Morgan fingerprint density at radius 1 is 0.211 bits per heavy atom. The van der Waals surface area contributed by atoms with Crippen LogP contribution >= 0.6 is 0 Å². The molecule has 0 unspecified atom stereocenters. The molecular formula is C107H109N7. The van der Waals surface area contributed by atoms with Crippen molar-refractivity contribution in [2.75, 3.05) is 0 Å². The molecule has 14 aromatic rings. The van der Waals surface area contributed by atoms with Crippen molar-refractivity contribution in [3.8, 4) is 78.5 Å². The number of aryl methyl sites for hydroxylation is 13. The zero-order valence-electron chi connectivity index (χ0n) is 71.6. The van der Waals surface area contributed by atoms with Crippen LogP contribution in [0, 0.1) is 159 Å². The van der Waals surface area contributed by atoms with Crippen LogP contribution in [0.4, 0.5) is 0 Å². The molecule has 7 aromatic carbocycles. The van der Waals surface area contributed by atoms with Gasteiger partial charge in [0.05, 0.1) is 28.5 Å². The quantitative estimate of drug-likeness (QED) is 0.149. The largest absolute Gasteiger partial charge is 0.261 e. The Morgan fingerprint density at radius 2 is 0.614 bits per heavy atom. The molecule has 0 N–H and O–H groups in total. The van der Waals surface area contributed by atoms with Crippen molar-refractivity contribution >= 4 is 0 Å². The van der Waals surface area contributed by atoms with Crippen LogP contribution in [-0.2, 0) is 44.9 Å². The minimum absolute atomic E-state index is 1.05. The smallest absolute Gasteiger partial charge is 0.0743 e. The third kappa shape index (κ3) is 14.1. The van der Waals surface area contributed by atoms with Crippen LogP contribution in [0.15, 0.2) is 159 Å². The third-order valence-corrected chi connectivity index (χ3v) is 26.8. The molecule has 7 aromatic heterocycles. The van der Waals surface area contributed by atoms with Crippen LogP contribution in [0.3, 0.4) is 0 Å². The topological polar surface area (TPSA) is 90.2 Å². The molecule has 0 radical (unpaired) electrons. The molecule has 7 heteroatoms. The average molecular weight is 1490 g/mol. The van der Waals surface area contributed by atoms with E-state index in [2.05, 4.69) is 297 Å². The molecule has 0 atom stereocenters. The molecule has 21 rings (SSSR count). The van der Waals surface area contributed by atoms with Crippen molar-refractivity contribution in [2.45, 2.75) is 204 Å². The van der Waals surface area contributed by atoms with Gasteiger partial charge in [0.15, 0.2) is 0 Å². The predicted molar refractivity (Wildman–Crippen MR) is 476 cm³/mol. The van der Waals surface area contributed by atoms with Crippen molar-refractivity contribution in [1.82, 2.24) is 34.9 Å². The fraction of sp³-hybridized carbons (Fsp3) is 0.280. The fourth-order valence-corrected chi connectivity index (χ4v) is 18.5. The fourth-order valence-electron chi connectivity index (χ4n) is 18.5. The predicted octanol–water partition coefficient (Wildman–Crippen LogP) is 25.7. The second kappa shape index (κ2) is 31.2. The van der Waals surface area contributed by atoms with Gasteiger partial charge in [-0.25, -0.2) is 0 Å². The van der Waals surface area contributed by atoms with Gasteiger partial charge in [-0.3, -0.25) is 34.9 Å². The van der Waals surface area contributed by atoms with E-state index in [0.29, 0.717) is 0 Å². The zero-order valence-corrected chi connectivity index (χ0v) is 71.6. The van der Waals surface area contributed by atoms with E-state index in [9.17, 15) is 0 Å². The summed E-state index contributed by atoms with van der Waals surface area (Å²) in [5.74, 6) is 0. The molecule has 0 fully saturated rings. The monoisotopic (exact) mass is 1490 g/mol. The number of benzene rings is 7. The van der Waals surface area contributed by atoms with Gasteiger partial charge in [0.2, 0.25) is 0 Å². The standard InChI is InChI=1S/C17H19N.C16H17N.4C15H15N.C14H13N/c1-9-6-16-15(12(4)11(9)3)7-14-10(2)8-18-13(5)17(14)16;1-9-5-6-13-14(10(9)2)7-15-11(3)12(4)17-8-16(13)15;1-9-4-7-13-14(11(9)3)8-12-6-5-10(2)16-15(12)13;1-9-6-12-7-14-11(3)10(2)4-5-13(14)15(12)16-8-9;1-9-7-14-13(11(3)10(9)2)8-12-5-4-6-16-15(12)14;1-9-7-10(2)14-13(11(9)3)8-12-5-4-6-16-15(12)14;1-9-5-6-12-13(10(9)2)8-11-4-3-7-15-14(11)12/h6,8H,7H2,1-5H3;5-6,8H,7H2,1-4H3;4-7H,8H2,1-3H3;4-6,8H,7H2,1-3H3;2*4-7H,8H2,1-3H3;3-7H,8H2,1-2H3. The lowest BCUT2D eigenvalue weighted by Gasteiger charge is -2.12. The Labute approximate surface area is 678 Å². The second-order valence-electron chi connectivity index (χ2n) is 33.6. The summed E-state index contributed by atoms with van der Waals surface area (Å²) in [5, 5.41) is 0. The minimum Gasteiger partial charge on any atom is -0.261 e. The highest BCUT2D eigenvalue weighted by molar-refractivity contribution is 5.84. The number of hydrogen-bond donors (Lipinski definition) is 0. The molecule has 572 valence electrons. The van der Waals surface area contributed by atoms with Gasteiger partial charge in [0.1, 0.15) is 0 Å². The van der Waals surface area contributed by atoms with E-state index in [0.717, 1.165) is 62.0 Å². The maximum Gasteiger partial charge on any atom is 0.0743 e. The molecule has 0 bridgehead atoms. The zero-order chi connectivity index (χ0) is 80.7. The molecule has 7 aliphatic rings. The Morgan fingerprint density at radius 3 is 1.18 bits per heavy atom. The van der Waals surface area contributed by atoms with Crippen molar-refractivity contribution in [3.63, 3.8) is 0 Å². The van der Waals surface area contributed by atoms with E-state index in [1.165, 1.54) is 268 Å². The summed E-state index contributed by atoms with van der Waals surface area (Å²) in [5.41, 5.74) is 69.6. The van der Waals surface area contributed by atoms with E-state index >= 15 is 0 Å². The molecule has 0 aliphatic heterocycles. The number of nitrogens with zero attached hydrogens (tertiary/aromatic N) is 7. The number of rotatable bonds is 0. The first kappa shape index (κ1) is 77.9. The van der Waals surface area contributed by atoms with Crippen molar-refractivity contribution in [3.05, 3.63) is 365 Å². The average Bonchev–Trinajstić information content (AvgIpc) is 1.61. The Hall–Kier alpha value is -11.4. The van der Waals surface area contributed by atoms with Crippen LogP contribution in [0.5, 0.6) is 0 Å².